The summed E-state index contributed by atoms with van der Waals surface area (Å²) in [4.78, 5) is 12.1. The largest absolute Gasteiger partial charge is 0.397 e. The van der Waals surface area contributed by atoms with Gasteiger partial charge in [-0.05, 0) is 40.5 Å². The van der Waals surface area contributed by atoms with Gasteiger partial charge in [-0.15, -0.1) is 0 Å². The molecule has 0 amide bonds. The van der Waals surface area contributed by atoms with Gasteiger partial charge in [-0.1, -0.05) is 6.07 Å². The van der Waals surface area contributed by atoms with E-state index in [9.17, 15) is 9.18 Å². The molecule has 0 aliphatic carbocycles. The van der Waals surface area contributed by atoms with Crippen molar-refractivity contribution in [3.8, 4) is 6.07 Å². The van der Waals surface area contributed by atoms with Gasteiger partial charge < -0.3 is 10.3 Å². The molecule has 0 spiro atoms. The van der Waals surface area contributed by atoms with Crippen molar-refractivity contribution in [3.05, 3.63) is 61.7 Å². The van der Waals surface area contributed by atoms with Crippen LogP contribution in [0.3, 0.4) is 0 Å². The fourth-order valence-corrected chi connectivity index (χ4v) is 2.24. The maximum atomic E-state index is 13.8. The van der Waals surface area contributed by atoms with E-state index in [0.717, 1.165) is 6.07 Å². The molecule has 2 rings (SSSR count). The zero-order valence-corrected chi connectivity index (χ0v) is 12.2. The smallest absolute Gasteiger partial charge is 0.265 e. The molecule has 0 saturated heterocycles. The monoisotopic (exact) mass is 335 g/mol. The molecule has 0 unspecified atom stereocenters. The van der Waals surface area contributed by atoms with Crippen LogP contribution in [-0.4, -0.2) is 4.57 Å². The van der Waals surface area contributed by atoms with Crippen LogP contribution in [-0.2, 0) is 6.54 Å². The molecule has 0 saturated carbocycles. The van der Waals surface area contributed by atoms with Crippen LogP contribution < -0.4 is 11.3 Å². The van der Waals surface area contributed by atoms with Crippen molar-refractivity contribution < 1.29 is 4.39 Å². The SMILES string of the molecule is Cc1c(N)cn(Cc2ccc(C#N)cc2F)c(=O)c1Br. The fraction of sp³-hybridized carbons (Fsp3) is 0.143. The van der Waals surface area contributed by atoms with Gasteiger partial charge in [0.25, 0.3) is 5.56 Å². The Bertz CT molecular complexity index is 777. The summed E-state index contributed by atoms with van der Waals surface area (Å²) in [5.74, 6) is -0.522. The van der Waals surface area contributed by atoms with Crippen LogP contribution >= 0.6 is 15.9 Å². The standard InChI is InChI=1S/C14H11BrFN3O/c1-8-12(18)7-19(14(20)13(8)15)6-10-3-2-9(5-17)4-11(10)16/h2-4,7H,6,18H2,1H3. The minimum Gasteiger partial charge on any atom is -0.397 e. The van der Waals surface area contributed by atoms with Crippen molar-refractivity contribution >= 4 is 21.6 Å². The number of aromatic nitrogens is 1. The third kappa shape index (κ3) is 2.58. The summed E-state index contributed by atoms with van der Waals surface area (Å²) < 4.78 is 15.5. The van der Waals surface area contributed by atoms with Gasteiger partial charge in [-0.25, -0.2) is 4.39 Å². The molecule has 0 atom stereocenters. The molecule has 1 aromatic heterocycles. The first-order chi connectivity index (χ1) is 9.43. The summed E-state index contributed by atoms with van der Waals surface area (Å²) in [5.41, 5.74) is 7.19. The summed E-state index contributed by atoms with van der Waals surface area (Å²) in [6, 6.07) is 6.01. The molecule has 0 fully saturated rings. The van der Waals surface area contributed by atoms with Crippen LogP contribution in [0.1, 0.15) is 16.7 Å². The second-order valence-corrected chi connectivity index (χ2v) is 5.17. The van der Waals surface area contributed by atoms with Crippen LogP contribution in [0.4, 0.5) is 10.1 Å². The van der Waals surface area contributed by atoms with Crippen molar-refractivity contribution in [1.29, 1.82) is 5.26 Å². The Hall–Kier alpha value is -2.13. The number of nitriles is 1. The van der Waals surface area contributed by atoms with Crippen molar-refractivity contribution in [2.24, 2.45) is 0 Å². The molecule has 0 radical (unpaired) electrons. The highest BCUT2D eigenvalue weighted by molar-refractivity contribution is 9.10. The lowest BCUT2D eigenvalue weighted by Crippen LogP contribution is -2.23. The first-order valence-corrected chi connectivity index (χ1v) is 6.57. The summed E-state index contributed by atoms with van der Waals surface area (Å²) >= 11 is 3.19. The topological polar surface area (TPSA) is 71.8 Å². The third-order valence-corrected chi connectivity index (χ3v) is 3.96. The predicted octanol–water partition coefficient (Wildman–Crippen LogP) is 2.56. The molecular weight excluding hydrogens is 325 g/mol. The van der Waals surface area contributed by atoms with Crippen LogP contribution in [0.25, 0.3) is 0 Å². The number of pyridine rings is 1. The van der Waals surface area contributed by atoms with Gasteiger partial charge in [0.1, 0.15) is 5.82 Å². The van der Waals surface area contributed by atoms with Gasteiger partial charge in [0, 0.05) is 11.8 Å². The third-order valence-electron chi connectivity index (χ3n) is 3.03. The van der Waals surface area contributed by atoms with Crippen LogP contribution in [0.2, 0.25) is 0 Å². The minimum atomic E-state index is -0.522. The summed E-state index contributed by atoms with van der Waals surface area (Å²) in [6.45, 7) is 1.78. The first-order valence-electron chi connectivity index (χ1n) is 5.77. The van der Waals surface area contributed by atoms with E-state index in [4.69, 9.17) is 11.0 Å². The molecule has 0 aliphatic rings. The molecule has 0 bridgehead atoms. The maximum absolute atomic E-state index is 13.8. The quantitative estimate of drug-likeness (QED) is 0.916. The Morgan fingerprint density at radius 1 is 1.50 bits per heavy atom. The molecule has 2 N–H and O–H groups in total. The molecule has 4 nitrogen and oxygen atoms in total. The number of hydrogen-bond acceptors (Lipinski definition) is 3. The highest BCUT2D eigenvalue weighted by Crippen LogP contribution is 2.18. The van der Waals surface area contributed by atoms with Crippen molar-refractivity contribution in [2.45, 2.75) is 13.5 Å². The van der Waals surface area contributed by atoms with Gasteiger partial charge in [-0.3, -0.25) is 4.79 Å². The normalized spacial score (nSPS) is 10.3. The molecular formula is C14H11BrFN3O. The number of rotatable bonds is 2. The van der Waals surface area contributed by atoms with E-state index in [2.05, 4.69) is 15.9 Å². The van der Waals surface area contributed by atoms with E-state index in [1.54, 1.807) is 6.92 Å². The number of nitrogen functional groups attached to an aromatic ring is 1. The Balaban J connectivity index is 2.46. The lowest BCUT2D eigenvalue weighted by Gasteiger charge is -2.11. The van der Waals surface area contributed by atoms with Crippen LogP contribution in [0.15, 0.2) is 33.7 Å². The average Bonchev–Trinajstić information content (AvgIpc) is 2.44. The molecule has 20 heavy (non-hydrogen) atoms. The van der Waals surface area contributed by atoms with Crippen molar-refractivity contribution in [2.75, 3.05) is 5.73 Å². The van der Waals surface area contributed by atoms with Crippen LogP contribution in [0, 0.1) is 24.1 Å². The Labute approximate surface area is 123 Å². The Kier molecular flexibility index (Phi) is 3.91. The Morgan fingerprint density at radius 2 is 2.20 bits per heavy atom. The predicted molar refractivity (Wildman–Crippen MR) is 77.8 cm³/mol. The first kappa shape index (κ1) is 14.3. The summed E-state index contributed by atoms with van der Waals surface area (Å²) in [7, 11) is 0. The molecule has 6 heteroatoms. The van der Waals surface area contributed by atoms with E-state index < -0.39 is 5.82 Å². The number of nitrogens with zero attached hydrogens (tertiary/aromatic N) is 2. The second kappa shape index (κ2) is 5.47. The minimum absolute atomic E-state index is 0.0550. The zero-order chi connectivity index (χ0) is 14.9. The van der Waals surface area contributed by atoms with E-state index in [0.29, 0.717) is 21.3 Å². The van der Waals surface area contributed by atoms with E-state index in [-0.39, 0.29) is 17.7 Å². The fourth-order valence-electron chi connectivity index (χ4n) is 1.78. The van der Waals surface area contributed by atoms with Crippen LogP contribution in [0.5, 0.6) is 0 Å². The van der Waals surface area contributed by atoms with Gasteiger partial charge in [-0.2, -0.15) is 5.26 Å². The molecule has 1 aromatic carbocycles. The average molecular weight is 336 g/mol. The lowest BCUT2D eigenvalue weighted by molar-refractivity contribution is 0.595. The van der Waals surface area contributed by atoms with E-state index >= 15 is 0 Å². The van der Waals surface area contributed by atoms with Crippen molar-refractivity contribution in [1.82, 2.24) is 4.57 Å². The van der Waals surface area contributed by atoms with E-state index in [1.807, 2.05) is 6.07 Å². The number of benzene rings is 1. The second-order valence-electron chi connectivity index (χ2n) is 4.37. The molecule has 2 aromatic rings. The molecule has 102 valence electrons. The lowest BCUT2D eigenvalue weighted by atomic mass is 10.1. The van der Waals surface area contributed by atoms with Gasteiger partial charge in [0.15, 0.2) is 0 Å². The summed E-state index contributed by atoms with van der Waals surface area (Å²) in [6.07, 6.45) is 1.49. The Morgan fingerprint density at radius 3 is 2.80 bits per heavy atom. The molecule has 1 heterocycles. The van der Waals surface area contributed by atoms with Crippen molar-refractivity contribution in [3.63, 3.8) is 0 Å². The number of anilines is 1. The van der Waals surface area contributed by atoms with Gasteiger partial charge >= 0.3 is 0 Å². The number of nitrogens with two attached hydrogens (primary N) is 1. The van der Waals surface area contributed by atoms with Gasteiger partial charge in [0.05, 0.1) is 28.3 Å². The number of halogens is 2. The molecule has 0 aliphatic heterocycles. The highest BCUT2D eigenvalue weighted by Gasteiger charge is 2.11. The summed E-state index contributed by atoms with van der Waals surface area (Å²) in [5, 5.41) is 8.70. The van der Waals surface area contributed by atoms with E-state index in [1.165, 1.54) is 22.9 Å². The number of hydrogen-bond donors (Lipinski definition) is 1. The highest BCUT2D eigenvalue weighted by atomic mass is 79.9. The maximum Gasteiger partial charge on any atom is 0.265 e. The zero-order valence-electron chi connectivity index (χ0n) is 10.7. The van der Waals surface area contributed by atoms with Gasteiger partial charge in [0.2, 0.25) is 0 Å².